The minimum absolute atomic E-state index is 0.0764. The summed E-state index contributed by atoms with van der Waals surface area (Å²) in [6, 6.07) is 16.1. The van der Waals surface area contributed by atoms with Gasteiger partial charge in [-0.3, -0.25) is 4.79 Å². The zero-order valence-corrected chi connectivity index (χ0v) is 15.9. The average molecular weight is 369 g/mol. The quantitative estimate of drug-likeness (QED) is 0.616. The number of hydrogen-bond donors (Lipinski definition) is 1. The number of imidazole rings is 1. The molecule has 6 heteroatoms. The fourth-order valence-electron chi connectivity index (χ4n) is 2.69. The Hall–Kier alpha value is -2.31. The molecule has 0 unspecified atom stereocenters. The van der Waals surface area contributed by atoms with Gasteiger partial charge >= 0.3 is 0 Å². The molecule has 26 heavy (non-hydrogen) atoms. The minimum atomic E-state index is 0.0764. The summed E-state index contributed by atoms with van der Waals surface area (Å²) in [5.74, 6) is 0.419. The molecular formula is C20H23N3O2S. The van der Waals surface area contributed by atoms with E-state index in [9.17, 15) is 4.79 Å². The first-order valence-corrected chi connectivity index (χ1v) is 9.54. The lowest BCUT2D eigenvalue weighted by atomic mass is 10.2. The highest BCUT2D eigenvalue weighted by Gasteiger charge is 2.15. The summed E-state index contributed by atoms with van der Waals surface area (Å²) in [5, 5.41) is 0.769. The molecule has 1 aromatic heterocycles. The molecule has 136 valence electrons. The Balaban J connectivity index is 1.64. The molecule has 3 rings (SSSR count). The summed E-state index contributed by atoms with van der Waals surface area (Å²) in [5.41, 5.74) is 4.22. The summed E-state index contributed by atoms with van der Waals surface area (Å²) in [6.45, 7) is 3.73. The van der Waals surface area contributed by atoms with Crippen molar-refractivity contribution in [1.82, 2.24) is 14.9 Å². The van der Waals surface area contributed by atoms with Crippen LogP contribution in [0.5, 0.6) is 0 Å². The molecule has 0 saturated heterocycles. The van der Waals surface area contributed by atoms with Crippen LogP contribution in [0, 0.1) is 6.92 Å². The molecule has 0 radical (unpaired) electrons. The van der Waals surface area contributed by atoms with E-state index in [4.69, 9.17) is 4.74 Å². The standard InChI is InChI=1S/C20H23N3O2S/c1-15-8-9-17-18(12-15)22-20(21-17)26-14-19(24)23(10-11-25-2)13-16-6-4-3-5-7-16/h3-9,12H,10-11,13-14H2,1-2H3,(H,21,22). The highest BCUT2D eigenvalue weighted by Crippen LogP contribution is 2.21. The number of nitrogens with zero attached hydrogens (tertiary/aromatic N) is 2. The number of aromatic nitrogens is 2. The number of ether oxygens (including phenoxy) is 1. The molecule has 0 atom stereocenters. The maximum atomic E-state index is 12.7. The van der Waals surface area contributed by atoms with Gasteiger partial charge in [0, 0.05) is 20.2 Å². The number of aryl methyl sites for hydroxylation is 1. The molecule has 0 aliphatic carbocycles. The van der Waals surface area contributed by atoms with Gasteiger partial charge < -0.3 is 14.6 Å². The lowest BCUT2D eigenvalue weighted by Gasteiger charge is -2.22. The lowest BCUT2D eigenvalue weighted by molar-refractivity contribution is -0.129. The number of hydrogen-bond acceptors (Lipinski definition) is 4. The van der Waals surface area contributed by atoms with E-state index >= 15 is 0 Å². The normalized spacial score (nSPS) is 11.0. The molecule has 1 amide bonds. The van der Waals surface area contributed by atoms with Crippen molar-refractivity contribution in [1.29, 1.82) is 0 Å². The number of carbonyl (C=O) groups excluding carboxylic acids is 1. The van der Waals surface area contributed by atoms with E-state index in [2.05, 4.69) is 16.0 Å². The number of amides is 1. The molecule has 0 aliphatic rings. The van der Waals surface area contributed by atoms with E-state index in [1.807, 2.05) is 54.3 Å². The van der Waals surface area contributed by atoms with Crippen LogP contribution in [0.2, 0.25) is 0 Å². The Labute approximate surface area is 157 Å². The van der Waals surface area contributed by atoms with Crippen molar-refractivity contribution in [2.75, 3.05) is 26.0 Å². The molecule has 1 heterocycles. The monoisotopic (exact) mass is 369 g/mol. The van der Waals surface area contributed by atoms with E-state index in [1.165, 1.54) is 17.3 Å². The number of methoxy groups -OCH3 is 1. The van der Waals surface area contributed by atoms with E-state index in [0.717, 1.165) is 21.8 Å². The summed E-state index contributed by atoms with van der Waals surface area (Å²) in [6.07, 6.45) is 0. The molecule has 3 aromatic rings. The van der Waals surface area contributed by atoms with Crippen molar-refractivity contribution >= 4 is 28.7 Å². The Morgan fingerprint density at radius 3 is 2.81 bits per heavy atom. The van der Waals surface area contributed by atoms with Gasteiger partial charge in [-0.15, -0.1) is 0 Å². The predicted octanol–water partition coefficient (Wildman–Crippen LogP) is 3.64. The van der Waals surface area contributed by atoms with Gasteiger partial charge in [-0.1, -0.05) is 48.2 Å². The molecular weight excluding hydrogens is 346 g/mol. The zero-order chi connectivity index (χ0) is 18.4. The second-order valence-electron chi connectivity index (χ2n) is 6.14. The molecule has 5 nitrogen and oxygen atoms in total. The van der Waals surface area contributed by atoms with E-state index in [1.54, 1.807) is 7.11 Å². The molecule has 0 aliphatic heterocycles. The lowest BCUT2D eigenvalue weighted by Crippen LogP contribution is -2.34. The van der Waals surface area contributed by atoms with Gasteiger partial charge in [0.2, 0.25) is 5.91 Å². The Morgan fingerprint density at radius 1 is 1.23 bits per heavy atom. The van der Waals surface area contributed by atoms with Gasteiger partial charge in [0.15, 0.2) is 5.16 Å². The first-order valence-electron chi connectivity index (χ1n) is 8.55. The Bertz CT molecular complexity index is 864. The number of thioether (sulfide) groups is 1. The van der Waals surface area contributed by atoms with Crippen molar-refractivity contribution in [3.63, 3.8) is 0 Å². The molecule has 0 spiro atoms. The third-order valence-electron chi connectivity index (χ3n) is 4.08. The van der Waals surface area contributed by atoms with Gasteiger partial charge in [0.25, 0.3) is 0 Å². The largest absolute Gasteiger partial charge is 0.383 e. The van der Waals surface area contributed by atoms with E-state index < -0.39 is 0 Å². The van der Waals surface area contributed by atoms with Crippen LogP contribution in [0.4, 0.5) is 0 Å². The van der Waals surface area contributed by atoms with Gasteiger partial charge in [0.05, 0.1) is 23.4 Å². The summed E-state index contributed by atoms with van der Waals surface area (Å²) in [7, 11) is 1.65. The van der Waals surface area contributed by atoms with Crippen LogP contribution in [-0.2, 0) is 16.1 Å². The fourth-order valence-corrected chi connectivity index (χ4v) is 3.47. The topological polar surface area (TPSA) is 58.2 Å². The molecule has 2 aromatic carbocycles. The fraction of sp³-hybridized carbons (Fsp3) is 0.300. The maximum Gasteiger partial charge on any atom is 0.233 e. The summed E-state index contributed by atoms with van der Waals surface area (Å²) < 4.78 is 5.15. The molecule has 0 bridgehead atoms. The van der Waals surface area contributed by atoms with Gasteiger partial charge in [0.1, 0.15) is 0 Å². The average Bonchev–Trinajstić information content (AvgIpc) is 3.06. The van der Waals surface area contributed by atoms with Crippen molar-refractivity contribution < 1.29 is 9.53 Å². The van der Waals surface area contributed by atoms with Crippen LogP contribution in [0.15, 0.2) is 53.7 Å². The van der Waals surface area contributed by atoms with Crippen LogP contribution < -0.4 is 0 Å². The number of benzene rings is 2. The van der Waals surface area contributed by atoms with Crippen molar-refractivity contribution in [3.05, 3.63) is 59.7 Å². The van der Waals surface area contributed by atoms with Crippen LogP contribution >= 0.6 is 11.8 Å². The maximum absolute atomic E-state index is 12.7. The number of fused-ring (bicyclic) bond motifs is 1. The SMILES string of the molecule is COCCN(Cc1ccccc1)C(=O)CSc1nc2ccc(C)cc2[nH]1. The molecule has 0 saturated carbocycles. The highest BCUT2D eigenvalue weighted by atomic mass is 32.2. The first kappa shape index (κ1) is 18.5. The second kappa shape index (κ2) is 8.87. The van der Waals surface area contributed by atoms with Crippen LogP contribution in [0.1, 0.15) is 11.1 Å². The van der Waals surface area contributed by atoms with Crippen LogP contribution in [0.25, 0.3) is 11.0 Å². The third kappa shape index (κ3) is 4.86. The van der Waals surface area contributed by atoms with Gasteiger partial charge in [-0.05, 0) is 30.2 Å². The van der Waals surface area contributed by atoms with Gasteiger partial charge in [-0.2, -0.15) is 0 Å². The second-order valence-corrected chi connectivity index (χ2v) is 7.11. The van der Waals surface area contributed by atoms with E-state index in [0.29, 0.717) is 25.4 Å². The van der Waals surface area contributed by atoms with Crippen molar-refractivity contribution in [3.8, 4) is 0 Å². The first-order chi connectivity index (χ1) is 12.7. The smallest absolute Gasteiger partial charge is 0.233 e. The van der Waals surface area contributed by atoms with Crippen LogP contribution in [0.3, 0.4) is 0 Å². The van der Waals surface area contributed by atoms with Crippen molar-refractivity contribution in [2.45, 2.75) is 18.6 Å². The summed E-state index contributed by atoms with van der Waals surface area (Å²) in [4.78, 5) is 22.4. The number of rotatable bonds is 8. The Kier molecular flexibility index (Phi) is 6.30. The highest BCUT2D eigenvalue weighted by molar-refractivity contribution is 7.99. The molecule has 0 fully saturated rings. The predicted molar refractivity (Wildman–Crippen MR) is 105 cm³/mol. The minimum Gasteiger partial charge on any atom is -0.383 e. The third-order valence-corrected chi connectivity index (χ3v) is 4.94. The number of carbonyl (C=O) groups is 1. The Morgan fingerprint density at radius 2 is 2.04 bits per heavy atom. The van der Waals surface area contributed by atoms with Crippen molar-refractivity contribution in [2.24, 2.45) is 0 Å². The van der Waals surface area contributed by atoms with Crippen LogP contribution in [-0.4, -0.2) is 46.8 Å². The molecule has 1 N–H and O–H groups in total. The summed E-state index contributed by atoms with van der Waals surface area (Å²) >= 11 is 1.43. The van der Waals surface area contributed by atoms with Gasteiger partial charge in [-0.25, -0.2) is 4.98 Å². The van der Waals surface area contributed by atoms with E-state index in [-0.39, 0.29) is 5.91 Å². The number of nitrogens with one attached hydrogen (secondary N) is 1. The number of H-pyrrole nitrogens is 1. The number of aromatic amines is 1. The zero-order valence-electron chi connectivity index (χ0n) is 15.1.